The van der Waals surface area contributed by atoms with E-state index < -0.39 is 5.82 Å². The Kier molecular flexibility index (Phi) is 6.67. The molecule has 1 atom stereocenters. The number of anilines is 1. The summed E-state index contributed by atoms with van der Waals surface area (Å²) < 4.78 is 19.1. The van der Waals surface area contributed by atoms with Gasteiger partial charge in [0.2, 0.25) is 11.8 Å². The number of ether oxygens (including phenoxy) is 1. The van der Waals surface area contributed by atoms with E-state index in [2.05, 4.69) is 0 Å². The number of carbonyl (C=O) groups is 2. The van der Waals surface area contributed by atoms with E-state index in [4.69, 9.17) is 14.7 Å². The van der Waals surface area contributed by atoms with Gasteiger partial charge in [0.15, 0.2) is 11.6 Å². The lowest BCUT2D eigenvalue weighted by atomic mass is 9.95. The summed E-state index contributed by atoms with van der Waals surface area (Å²) in [5.74, 6) is 1.41. The Balaban J connectivity index is 1.35. The van der Waals surface area contributed by atoms with Crippen molar-refractivity contribution in [1.82, 2.24) is 14.9 Å². The van der Waals surface area contributed by atoms with Gasteiger partial charge in [-0.1, -0.05) is 12.1 Å². The van der Waals surface area contributed by atoms with Gasteiger partial charge in [-0.05, 0) is 44.7 Å². The first-order valence-electron chi connectivity index (χ1n) is 11.2. The number of carbonyl (C=O) groups excluding carboxylic acids is 2. The number of aromatic nitrogens is 2. The first-order chi connectivity index (χ1) is 15.4. The topological polar surface area (TPSA) is 75.6 Å². The third-order valence-electron chi connectivity index (χ3n) is 6.26. The molecule has 2 aromatic rings. The third-order valence-corrected chi connectivity index (χ3v) is 6.26. The number of rotatable bonds is 6. The number of hydrogen-bond acceptors (Lipinski definition) is 5. The number of benzene rings is 1. The Bertz CT molecular complexity index is 1010. The fourth-order valence-corrected chi connectivity index (χ4v) is 4.41. The van der Waals surface area contributed by atoms with Crippen molar-refractivity contribution in [1.29, 1.82) is 0 Å². The average molecular weight is 441 g/mol. The van der Waals surface area contributed by atoms with Crippen molar-refractivity contribution in [2.45, 2.75) is 51.4 Å². The maximum absolute atomic E-state index is 13.6. The first kappa shape index (κ1) is 22.2. The number of halogens is 1. The van der Waals surface area contributed by atoms with Crippen molar-refractivity contribution in [2.24, 2.45) is 0 Å². The molecule has 2 aliphatic rings. The van der Waals surface area contributed by atoms with Gasteiger partial charge >= 0.3 is 0 Å². The van der Waals surface area contributed by atoms with Crippen molar-refractivity contribution < 1.29 is 18.7 Å². The van der Waals surface area contributed by atoms with Gasteiger partial charge in [0.05, 0.1) is 6.61 Å². The third kappa shape index (κ3) is 4.74. The highest BCUT2D eigenvalue weighted by Crippen LogP contribution is 2.31. The van der Waals surface area contributed by atoms with Crippen LogP contribution in [0.4, 0.5) is 10.2 Å². The lowest BCUT2D eigenvalue weighted by Crippen LogP contribution is -2.40. The highest BCUT2D eigenvalue weighted by atomic mass is 19.1. The number of para-hydroxylation sites is 1. The average Bonchev–Trinajstić information content (AvgIpc) is 2.80. The number of hydrogen-bond donors (Lipinski definition) is 0. The first-order valence-corrected chi connectivity index (χ1v) is 11.2. The number of piperidine rings is 1. The van der Waals surface area contributed by atoms with Crippen LogP contribution in [0.15, 0.2) is 24.3 Å². The van der Waals surface area contributed by atoms with Gasteiger partial charge in [-0.15, -0.1) is 0 Å². The van der Waals surface area contributed by atoms with E-state index in [1.54, 1.807) is 30.1 Å². The smallest absolute Gasteiger partial charge is 0.228 e. The van der Waals surface area contributed by atoms with Crippen LogP contribution in [0.25, 0.3) is 0 Å². The van der Waals surface area contributed by atoms with E-state index in [-0.39, 0.29) is 30.1 Å². The van der Waals surface area contributed by atoms with Crippen LogP contribution in [-0.4, -0.2) is 53.4 Å². The molecular weight excluding hydrogens is 411 g/mol. The molecule has 2 amide bonds. The van der Waals surface area contributed by atoms with Crippen LogP contribution in [0.2, 0.25) is 0 Å². The summed E-state index contributed by atoms with van der Waals surface area (Å²) in [6.07, 6.45) is 3.83. The molecule has 170 valence electrons. The summed E-state index contributed by atoms with van der Waals surface area (Å²) in [5, 5.41) is 0. The molecular formula is C24H29FN4O3. The molecule has 1 aromatic heterocycles. The van der Waals surface area contributed by atoms with E-state index in [1.165, 1.54) is 6.07 Å². The van der Waals surface area contributed by atoms with E-state index >= 15 is 0 Å². The number of likely N-dealkylation sites (tertiary alicyclic amines) is 1. The molecule has 0 bridgehead atoms. The van der Waals surface area contributed by atoms with Gasteiger partial charge in [-0.3, -0.25) is 14.5 Å². The summed E-state index contributed by atoms with van der Waals surface area (Å²) in [7, 11) is 1.76. The van der Waals surface area contributed by atoms with Gasteiger partial charge in [-0.25, -0.2) is 14.4 Å². The Morgan fingerprint density at radius 2 is 2.06 bits per heavy atom. The van der Waals surface area contributed by atoms with Crippen LogP contribution in [0.3, 0.4) is 0 Å². The second kappa shape index (κ2) is 9.63. The molecule has 0 radical (unpaired) electrons. The molecule has 4 rings (SSSR count). The van der Waals surface area contributed by atoms with Crippen LogP contribution in [0.1, 0.15) is 55.1 Å². The summed E-state index contributed by atoms with van der Waals surface area (Å²) in [6.45, 7) is 3.54. The molecule has 1 saturated heterocycles. The van der Waals surface area contributed by atoms with Gasteiger partial charge in [0.25, 0.3) is 0 Å². The van der Waals surface area contributed by atoms with Crippen molar-refractivity contribution in [3.63, 3.8) is 0 Å². The minimum absolute atomic E-state index is 0.0526. The Morgan fingerprint density at radius 1 is 1.25 bits per heavy atom. The summed E-state index contributed by atoms with van der Waals surface area (Å²) >= 11 is 0. The molecule has 1 aromatic carbocycles. The summed E-state index contributed by atoms with van der Waals surface area (Å²) in [6, 6.07) is 6.27. The van der Waals surface area contributed by atoms with Crippen LogP contribution in [-0.2, 0) is 16.0 Å². The zero-order valence-corrected chi connectivity index (χ0v) is 18.6. The van der Waals surface area contributed by atoms with Crippen molar-refractivity contribution in [2.75, 3.05) is 31.6 Å². The molecule has 0 saturated carbocycles. The molecule has 0 N–H and O–H groups in total. The molecule has 0 spiro atoms. The molecule has 0 unspecified atom stereocenters. The van der Waals surface area contributed by atoms with Gasteiger partial charge < -0.3 is 9.64 Å². The standard InChI is InChI=1S/C24H29FN4O3/c1-16-18-11-12-21(30)28(2)24(18)27-23(26-16)17-7-5-13-29(15-17)22(31)10-6-14-32-20-9-4-3-8-19(20)25/h3-4,8-9,17H,5-7,10-15H2,1-2H3/t17-/m0/s1. The predicted octanol–water partition coefficient (Wildman–Crippen LogP) is 3.40. The number of amides is 2. The van der Waals surface area contributed by atoms with Crippen LogP contribution in [0.5, 0.6) is 5.75 Å². The van der Waals surface area contributed by atoms with E-state index in [0.29, 0.717) is 50.4 Å². The van der Waals surface area contributed by atoms with E-state index in [0.717, 1.165) is 24.1 Å². The molecule has 0 aliphatic carbocycles. The maximum Gasteiger partial charge on any atom is 0.228 e. The van der Waals surface area contributed by atoms with Crippen LogP contribution < -0.4 is 9.64 Å². The SMILES string of the molecule is Cc1nc([C@H]2CCCN(C(=O)CCCOc3ccccc3F)C2)nc2c1CCC(=O)N2C. The molecule has 2 aliphatic heterocycles. The second-order valence-electron chi connectivity index (χ2n) is 8.48. The fourth-order valence-electron chi connectivity index (χ4n) is 4.41. The number of nitrogens with zero attached hydrogens (tertiary/aromatic N) is 4. The molecule has 3 heterocycles. The number of aryl methyl sites for hydroxylation is 1. The monoisotopic (exact) mass is 440 g/mol. The Hall–Kier alpha value is -3.03. The zero-order chi connectivity index (χ0) is 22.7. The molecule has 8 heteroatoms. The van der Waals surface area contributed by atoms with Crippen LogP contribution in [0, 0.1) is 12.7 Å². The minimum atomic E-state index is -0.398. The van der Waals surface area contributed by atoms with Crippen molar-refractivity contribution in [3.05, 3.63) is 47.2 Å². The highest BCUT2D eigenvalue weighted by Gasteiger charge is 2.30. The normalized spacial score (nSPS) is 18.5. The quantitative estimate of drug-likeness (QED) is 0.644. The molecule has 7 nitrogen and oxygen atoms in total. The fraction of sp³-hybridized carbons (Fsp3) is 0.500. The molecule has 32 heavy (non-hydrogen) atoms. The minimum Gasteiger partial charge on any atom is -0.491 e. The lowest BCUT2D eigenvalue weighted by Gasteiger charge is -2.33. The summed E-state index contributed by atoms with van der Waals surface area (Å²) in [4.78, 5) is 37.8. The van der Waals surface area contributed by atoms with E-state index in [1.807, 2.05) is 11.8 Å². The highest BCUT2D eigenvalue weighted by molar-refractivity contribution is 5.94. The van der Waals surface area contributed by atoms with E-state index in [9.17, 15) is 14.0 Å². The Labute approximate surface area is 187 Å². The summed E-state index contributed by atoms with van der Waals surface area (Å²) in [5.41, 5.74) is 1.95. The largest absolute Gasteiger partial charge is 0.491 e. The predicted molar refractivity (Wildman–Crippen MR) is 118 cm³/mol. The second-order valence-corrected chi connectivity index (χ2v) is 8.48. The number of fused-ring (bicyclic) bond motifs is 1. The lowest BCUT2D eigenvalue weighted by molar-refractivity contribution is -0.132. The van der Waals surface area contributed by atoms with Crippen molar-refractivity contribution in [3.8, 4) is 5.75 Å². The van der Waals surface area contributed by atoms with Gasteiger partial charge in [-0.2, -0.15) is 0 Å². The maximum atomic E-state index is 13.6. The van der Waals surface area contributed by atoms with Gasteiger partial charge in [0.1, 0.15) is 11.6 Å². The zero-order valence-electron chi connectivity index (χ0n) is 18.6. The van der Waals surface area contributed by atoms with Crippen LogP contribution >= 0.6 is 0 Å². The van der Waals surface area contributed by atoms with Gasteiger partial charge in [0, 0.05) is 50.2 Å². The van der Waals surface area contributed by atoms with Crippen molar-refractivity contribution >= 4 is 17.6 Å². The Morgan fingerprint density at radius 3 is 2.88 bits per heavy atom. The molecule has 1 fully saturated rings.